The molecule has 6 N–H and O–H groups in total. The molecule has 15 nitrogen and oxygen atoms in total. The molecule has 2 unspecified atom stereocenters. The number of benzene rings is 2. The maximum Gasteiger partial charge on any atom is 0.323 e. The van der Waals surface area contributed by atoms with Crippen LogP contribution in [0.25, 0.3) is 0 Å². The maximum atomic E-state index is 13.0. The van der Waals surface area contributed by atoms with Crippen LogP contribution in [0.1, 0.15) is 46.4 Å². The summed E-state index contributed by atoms with van der Waals surface area (Å²) in [5.74, 6) is -3.11. The predicted molar refractivity (Wildman–Crippen MR) is 191 cm³/mol. The highest BCUT2D eigenvalue weighted by Gasteiger charge is 2.32. The third-order valence-corrected chi connectivity index (χ3v) is 10.6. The van der Waals surface area contributed by atoms with Gasteiger partial charge >= 0.3 is 6.03 Å². The summed E-state index contributed by atoms with van der Waals surface area (Å²) in [6.07, 6.45) is 9.04. The molecule has 4 aliphatic rings. The number of anilines is 2. The van der Waals surface area contributed by atoms with E-state index in [0.29, 0.717) is 22.6 Å². The number of fused-ring (bicyclic) bond motifs is 2. The first-order valence-electron chi connectivity index (χ1n) is 15.6. The van der Waals surface area contributed by atoms with Gasteiger partial charge in [0.2, 0.25) is 0 Å². The van der Waals surface area contributed by atoms with Crippen molar-refractivity contribution >= 4 is 60.9 Å². The first-order chi connectivity index (χ1) is 24.5. The second-order valence-corrected chi connectivity index (χ2v) is 15.1. The summed E-state index contributed by atoms with van der Waals surface area (Å²) < 4.78 is 64.8. The standard InChI is InChI=1S/C35H30N4O11S2/c40-29-15-23-13-27(9-7-19(23)17-31(29)51(45,46)47)36-33(42)21-3-1-5-25(11-21)38-35(44)39-26-6-2-4-22(12-26)34(43)37-28-10-8-20-18-32(52(48,49)50)30(41)16-24(20)14-28/h1-12,15-16,19-20,40-41H,13-14,17-18H2,(H2,38,39,44)(H,45,46,47)(H,48,49,50). The molecular weight excluding hydrogens is 717 g/mol. The SMILES string of the molecule is O=C(Nc1cccc(C(=O)N=C2C=CC3CC(S(=O)(=O)O)=C(O)C=C3C2)c1)Nc1cccc(C(=O)N=C2C=CC3CC(S(=O)(=O)O)=C(O)C=C3C2)c1. The van der Waals surface area contributed by atoms with Crippen molar-refractivity contribution in [3.63, 3.8) is 0 Å². The summed E-state index contributed by atoms with van der Waals surface area (Å²) >= 11 is 0. The highest BCUT2D eigenvalue weighted by atomic mass is 32.2. The smallest absolute Gasteiger partial charge is 0.323 e. The van der Waals surface area contributed by atoms with Gasteiger partial charge in [-0.05, 0) is 73.5 Å². The Morgan fingerprint density at radius 3 is 1.44 bits per heavy atom. The Bertz CT molecular complexity index is 2230. The molecule has 2 aromatic rings. The number of hydrogen-bond acceptors (Lipinski definition) is 9. The van der Waals surface area contributed by atoms with E-state index in [1.807, 2.05) is 0 Å². The van der Waals surface area contributed by atoms with Gasteiger partial charge in [0.1, 0.15) is 21.3 Å². The van der Waals surface area contributed by atoms with Crippen LogP contribution < -0.4 is 10.6 Å². The summed E-state index contributed by atoms with van der Waals surface area (Å²) in [5.41, 5.74) is 2.86. The minimum absolute atomic E-state index is 0.118. The van der Waals surface area contributed by atoms with E-state index in [0.717, 1.165) is 0 Å². The minimum Gasteiger partial charge on any atom is -0.507 e. The van der Waals surface area contributed by atoms with E-state index in [2.05, 4.69) is 20.6 Å². The van der Waals surface area contributed by atoms with Gasteiger partial charge in [-0.15, -0.1) is 0 Å². The molecular formula is C35H30N4O11S2. The summed E-state index contributed by atoms with van der Waals surface area (Å²) in [5, 5.41) is 25.4. The average molecular weight is 747 g/mol. The Hall–Kier alpha value is -5.75. The first kappa shape index (κ1) is 36.1. The van der Waals surface area contributed by atoms with Crippen LogP contribution in [-0.2, 0) is 20.2 Å². The molecule has 0 bridgehead atoms. The molecule has 6 rings (SSSR count). The zero-order chi connectivity index (χ0) is 37.4. The topological polar surface area (TPSA) is 249 Å². The molecule has 0 spiro atoms. The number of rotatable bonds is 6. The van der Waals surface area contributed by atoms with Gasteiger partial charge in [-0.3, -0.25) is 18.7 Å². The number of aliphatic hydroxyl groups is 2. The molecule has 52 heavy (non-hydrogen) atoms. The second kappa shape index (κ2) is 14.1. The summed E-state index contributed by atoms with van der Waals surface area (Å²) in [6, 6.07) is 11.4. The largest absolute Gasteiger partial charge is 0.507 e. The molecule has 268 valence electrons. The number of allylic oxidation sites excluding steroid dienone is 10. The Kier molecular flexibility index (Phi) is 9.78. The number of hydrogen-bond donors (Lipinski definition) is 6. The lowest BCUT2D eigenvalue weighted by atomic mass is 9.83. The highest BCUT2D eigenvalue weighted by Crippen LogP contribution is 2.37. The number of urea groups is 1. The van der Waals surface area contributed by atoms with Crippen molar-refractivity contribution in [1.82, 2.24) is 0 Å². The fraction of sp³-hybridized carbons (Fsp3) is 0.171. The van der Waals surface area contributed by atoms with Crippen LogP contribution in [0, 0.1) is 11.8 Å². The Labute approximate surface area is 297 Å². The molecule has 0 aliphatic heterocycles. The molecule has 0 heterocycles. The van der Waals surface area contributed by atoms with Crippen molar-refractivity contribution < 1.29 is 50.5 Å². The van der Waals surface area contributed by atoms with Gasteiger partial charge < -0.3 is 20.8 Å². The Morgan fingerprint density at radius 2 is 1.06 bits per heavy atom. The third-order valence-electron chi connectivity index (χ3n) is 8.64. The molecule has 0 fully saturated rings. The number of nitrogens with one attached hydrogen (secondary N) is 2. The number of carbonyl (C=O) groups excluding carboxylic acids is 3. The summed E-state index contributed by atoms with van der Waals surface area (Å²) in [6.45, 7) is 0. The fourth-order valence-corrected chi connectivity index (χ4v) is 7.53. The first-order valence-corrected chi connectivity index (χ1v) is 18.5. The Morgan fingerprint density at radius 1 is 0.654 bits per heavy atom. The molecule has 17 heteroatoms. The van der Waals surface area contributed by atoms with Gasteiger partial charge in [0.15, 0.2) is 0 Å². The van der Waals surface area contributed by atoms with Gasteiger partial charge in [0.05, 0.1) is 0 Å². The van der Waals surface area contributed by atoms with E-state index in [1.54, 1.807) is 48.6 Å². The van der Waals surface area contributed by atoms with Gasteiger partial charge in [-0.1, -0.05) is 35.4 Å². The normalized spacial score (nSPS) is 21.7. The van der Waals surface area contributed by atoms with Crippen molar-refractivity contribution in [1.29, 1.82) is 0 Å². The lowest BCUT2D eigenvalue weighted by Gasteiger charge is -2.25. The third kappa shape index (κ3) is 8.24. The zero-order valence-corrected chi connectivity index (χ0v) is 28.6. The highest BCUT2D eigenvalue weighted by molar-refractivity contribution is 7.90. The molecule has 2 atom stereocenters. The van der Waals surface area contributed by atoms with Crippen molar-refractivity contribution in [3.05, 3.63) is 129 Å². The number of aliphatic hydroxyl groups excluding tert-OH is 2. The van der Waals surface area contributed by atoms with Gasteiger partial charge in [0.25, 0.3) is 32.1 Å². The van der Waals surface area contributed by atoms with Crippen LogP contribution in [0.3, 0.4) is 0 Å². The number of carbonyl (C=O) groups is 3. The van der Waals surface area contributed by atoms with E-state index in [1.165, 1.54) is 36.4 Å². The summed E-state index contributed by atoms with van der Waals surface area (Å²) in [4.78, 5) is 46.2. The Balaban J connectivity index is 1.08. The van der Waals surface area contributed by atoms with Crippen LogP contribution in [-0.4, -0.2) is 65.4 Å². The number of amides is 4. The van der Waals surface area contributed by atoms with Crippen LogP contribution in [0.4, 0.5) is 16.2 Å². The quantitative estimate of drug-likeness (QED) is 0.198. The van der Waals surface area contributed by atoms with E-state index in [9.17, 15) is 50.5 Å². The van der Waals surface area contributed by atoms with Crippen molar-refractivity contribution in [2.24, 2.45) is 21.8 Å². The average Bonchev–Trinajstić information content (AvgIpc) is 3.06. The van der Waals surface area contributed by atoms with Crippen molar-refractivity contribution in [2.45, 2.75) is 25.7 Å². The molecule has 4 aliphatic carbocycles. The maximum absolute atomic E-state index is 13.0. The molecule has 0 saturated carbocycles. The number of nitrogens with zero attached hydrogens (tertiary/aromatic N) is 2. The van der Waals surface area contributed by atoms with Crippen LogP contribution >= 0.6 is 0 Å². The van der Waals surface area contributed by atoms with Crippen molar-refractivity contribution in [3.8, 4) is 0 Å². The zero-order valence-electron chi connectivity index (χ0n) is 26.9. The van der Waals surface area contributed by atoms with Crippen molar-refractivity contribution in [2.75, 3.05) is 10.6 Å². The van der Waals surface area contributed by atoms with Crippen LogP contribution in [0.5, 0.6) is 0 Å². The number of aliphatic imine (C=N–C) groups is 2. The lowest BCUT2D eigenvalue weighted by molar-refractivity contribution is 0.0994. The van der Waals surface area contributed by atoms with Crippen LogP contribution in [0.15, 0.2) is 127 Å². The van der Waals surface area contributed by atoms with E-state index in [-0.39, 0.29) is 60.0 Å². The van der Waals surface area contributed by atoms with E-state index < -0.39 is 59.4 Å². The minimum atomic E-state index is -4.56. The van der Waals surface area contributed by atoms with Gasteiger partial charge in [-0.25, -0.2) is 14.8 Å². The monoisotopic (exact) mass is 746 g/mol. The van der Waals surface area contributed by atoms with Gasteiger partial charge in [-0.2, -0.15) is 16.8 Å². The lowest BCUT2D eigenvalue weighted by Crippen LogP contribution is -2.21. The van der Waals surface area contributed by atoms with E-state index >= 15 is 0 Å². The van der Waals surface area contributed by atoms with Gasteiger partial charge in [0, 0.05) is 58.6 Å². The van der Waals surface area contributed by atoms with Crippen LogP contribution in [0.2, 0.25) is 0 Å². The predicted octanol–water partition coefficient (Wildman–Crippen LogP) is 5.62. The molecule has 0 aromatic heterocycles. The molecule has 0 saturated heterocycles. The molecule has 4 amide bonds. The van der Waals surface area contributed by atoms with E-state index in [4.69, 9.17) is 0 Å². The fourth-order valence-electron chi connectivity index (χ4n) is 6.11. The molecule has 2 aromatic carbocycles. The summed E-state index contributed by atoms with van der Waals surface area (Å²) in [7, 11) is -9.12. The second-order valence-electron chi connectivity index (χ2n) is 12.3. The molecule has 0 radical (unpaired) electrons.